The summed E-state index contributed by atoms with van der Waals surface area (Å²) in [6, 6.07) is 0. The Kier molecular flexibility index (Phi) is 0.941. The Hall–Kier alpha value is -1.05. The molecule has 0 aromatic rings. The zero-order valence-corrected chi connectivity index (χ0v) is 3.83. The van der Waals surface area contributed by atoms with Gasteiger partial charge in [-0.3, -0.25) is 0 Å². The third kappa shape index (κ3) is 0.892. The van der Waals surface area contributed by atoms with Crippen molar-refractivity contribution in [3.05, 3.63) is 24.0 Å². The molecule has 1 aliphatic heterocycles. The molecule has 35 valence electrons. The number of hydrogen-bond donors (Lipinski definition) is 1. The Balaban J connectivity index is 2.82. The predicted octanol–water partition coefficient (Wildman–Crippen LogP) is -0.237. The van der Waals surface area contributed by atoms with Crippen LogP contribution in [0.5, 0.6) is 0 Å². The van der Waals surface area contributed by atoms with Crippen LogP contribution in [-0.4, -0.2) is 6.21 Å². The molecule has 0 unspecified atom stereocenters. The van der Waals surface area contributed by atoms with Crippen LogP contribution in [0.25, 0.3) is 0 Å². The summed E-state index contributed by atoms with van der Waals surface area (Å²) in [5.74, 6) is 0. The molecule has 0 saturated heterocycles. The first-order valence-corrected chi connectivity index (χ1v) is 2.05. The quantitative estimate of drug-likeness (QED) is 0.442. The van der Waals surface area contributed by atoms with Gasteiger partial charge in [0.25, 0.3) is 0 Å². The van der Waals surface area contributed by atoms with Crippen LogP contribution < -0.4 is 10.7 Å². The number of nitrogens with zero attached hydrogens (tertiary/aromatic N) is 1. The predicted molar refractivity (Wildman–Crippen MR) is 29.6 cm³/mol. The minimum absolute atomic E-state index is 0.759. The molecule has 2 N–H and O–H groups in total. The Morgan fingerprint density at radius 2 is 2.43 bits per heavy atom. The fourth-order valence-electron chi connectivity index (χ4n) is 0.363. The van der Waals surface area contributed by atoms with E-state index in [0.717, 1.165) is 5.70 Å². The summed E-state index contributed by atoms with van der Waals surface area (Å²) < 4.78 is 0. The van der Waals surface area contributed by atoms with Gasteiger partial charge in [-0.05, 0) is 0 Å². The molecule has 1 heterocycles. The second kappa shape index (κ2) is 1.60. The first kappa shape index (κ1) is 4.12. The minimum Gasteiger partial charge on any atom is -0.398 e. The van der Waals surface area contributed by atoms with E-state index in [1.165, 1.54) is 0 Å². The minimum atomic E-state index is 0.759. The van der Waals surface area contributed by atoms with Crippen molar-refractivity contribution < 1.29 is 0 Å². The molecule has 0 fully saturated rings. The maximum absolute atomic E-state index is 5.32. The fraction of sp³-hybridized carbons (Fsp3) is 0. The summed E-state index contributed by atoms with van der Waals surface area (Å²) in [4.78, 5) is 3.77. The van der Waals surface area contributed by atoms with Crippen molar-refractivity contribution in [2.75, 3.05) is 0 Å². The number of allylic oxidation sites excluding steroid dienone is 2. The molecule has 0 aromatic heterocycles. The average molecular weight is 94.1 g/mol. The van der Waals surface area contributed by atoms with Crippen LogP contribution >= 0.6 is 0 Å². The largest absolute Gasteiger partial charge is 0.398 e. The lowest BCUT2D eigenvalue weighted by atomic mass is 10.4. The highest BCUT2D eigenvalue weighted by atomic mass is 14.7. The molecule has 0 amide bonds. The molecular weight excluding hydrogens is 88.1 g/mol. The van der Waals surface area contributed by atoms with Gasteiger partial charge in [0, 0.05) is 17.8 Å². The fourth-order valence-corrected chi connectivity index (χ4v) is 0.363. The smallest absolute Gasteiger partial charge is 0.244 e. The molecule has 0 atom stereocenters. The highest BCUT2D eigenvalue weighted by Gasteiger charge is 1.90. The van der Waals surface area contributed by atoms with Crippen molar-refractivity contribution in [3.8, 4) is 0 Å². The van der Waals surface area contributed by atoms with Gasteiger partial charge in [-0.15, -0.1) is 0 Å². The molecule has 0 aliphatic carbocycles. The Labute approximate surface area is 42.0 Å². The van der Waals surface area contributed by atoms with Gasteiger partial charge in [-0.2, -0.15) is 0 Å². The third-order valence-electron chi connectivity index (χ3n) is 0.706. The zero-order chi connectivity index (χ0) is 5.11. The van der Waals surface area contributed by atoms with Crippen molar-refractivity contribution in [2.24, 2.45) is 5.73 Å². The summed E-state index contributed by atoms with van der Waals surface area (Å²) >= 11 is 0. The summed E-state index contributed by atoms with van der Waals surface area (Å²) in [6.07, 6.45) is 6.82. The molecule has 0 spiro atoms. The maximum Gasteiger partial charge on any atom is 0.244 e. The SMILES string of the molecule is NC1=CC=[N+]C=C1. The molecule has 1 radical (unpaired) electrons. The van der Waals surface area contributed by atoms with Gasteiger partial charge in [0.2, 0.25) is 12.4 Å². The van der Waals surface area contributed by atoms with Crippen molar-refractivity contribution >= 4 is 6.21 Å². The molecular formula is C5H6N2+. The number of nitrogens with two attached hydrogens (primary N) is 1. The number of aliphatic imine (C=N–C) groups is 1. The van der Waals surface area contributed by atoms with Gasteiger partial charge >= 0.3 is 0 Å². The summed E-state index contributed by atoms with van der Waals surface area (Å²) in [5.41, 5.74) is 6.08. The van der Waals surface area contributed by atoms with Gasteiger partial charge < -0.3 is 5.73 Å². The van der Waals surface area contributed by atoms with Gasteiger partial charge in [0.05, 0.1) is 4.99 Å². The van der Waals surface area contributed by atoms with E-state index in [2.05, 4.69) is 4.99 Å². The van der Waals surface area contributed by atoms with Gasteiger partial charge in [0.15, 0.2) is 0 Å². The second-order valence-corrected chi connectivity index (χ2v) is 1.28. The Morgan fingerprint density at radius 3 is 2.71 bits per heavy atom. The maximum atomic E-state index is 5.32. The average Bonchev–Trinajstić information content (AvgIpc) is 1.69. The van der Waals surface area contributed by atoms with E-state index in [1.54, 1.807) is 24.6 Å². The lowest BCUT2D eigenvalue weighted by molar-refractivity contribution is 1.32. The van der Waals surface area contributed by atoms with Gasteiger partial charge in [-0.25, -0.2) is 0 Å². The van der Waals surface area contributed by atoms with Gasteiger partial charge in [0.1, 0.15) is 0 Å². The first-order chi connectivity index (χ1) is 3.39. The normalized spacial score (nSPS) is 16.9. The number of rotatable bonds is 0. The van der Waals surface area contributed by atoms with Crippen molar-refractivity contribution in [1.29, 1.82) is 0 Å². The molecule has 1 rings (SSSR count). The molecule has 1 aliphatic rings. The van der Waals surface area contributed by atoms with E-state index < -0.39 is 0 Å². The van der Waals surface area contributed by atoms with Crippen LogP contribution in [-0.2, 0) is 0 Å². The molecule has 0 saturated carbocycles. The van der Waals surface area contributed by atoms with Crippen LogP contribution in [0.1, 0.15) is 0 Å². The second-order valence-electron chi connectivity index (χ2n) is 1.28. The van der Waals surface area contributed by atoms with Crippen LogP contribution in [0.3, 0.4) is 0 Å². The van der Waals surface area contributed by atoms with Crippen LogP contribution in [0.15, 0.2) is 24.0 Å². The highest BCUT2D eigenvalue weighted by molar-refractivity contribution is 5.73. The molecule has 0 bridgehead atoms. The lowest BCUT2D eigenvalue weighted by Crippen LogP contribution is -1.98. The molecule has 7 heavy (non-hydrogen) atoms. The Morgan fingerprint density at radius 1 is 1.57 bits per heavy atom. The van der Waals surface area contributed by atoms with E-state index in [0.29, 0.717) is 0 Å². The number of hydrogen-bond acceptors (Lipinski definition) is 2. The van der Waals surface area contributed by atoms with Gasteiger partial charge in [-0.1, -0.05) is 0 Å². The molecule has 2 nitrogen and oxygen atoms in total. The van der Waals surface area contributed by atoms with E-state index >= 15 is 0 Å². The standard InChI is InChI=1S/C5H6N2/c6-5-1-3-7-4-2-5/h1-4H,6H2/q+1. The summed E-state index contributed by atoms with van der Waals surface area (Å²) in [6.45, 7) is 0. The first-order valence-electron chi connectivity index (χ1n) is 2.05. The Bertz CT molecular complexity index is 142. The molecule has 0 aromatic carbocycles. The van der Waals surface area contributed by atoms with Crippen LogP contribution in [0.2, 0.25) is 0 Å². The molecule has 2 heteroatoms. The van der Waals surface area contributed by atoms with E-state index in [4.69, 9.17) is 5.73 Å². The lowest BCUT2D eigenvalue weighted by Gasteiger charge is -1.81. The summed E-state index contributed by atoms with van der Waals surface area (Å²) in [5, 5.41) is 0. The van der Waals surface area contributed by atoms with Crippen molar-refractivity contribution in [2.45, 2.75) is 0 Å². The topological polar surface area (TPSA) is 40.1 Å². The third-order valence-corrected chi connectivity index (χ3v) is 0.706. The van der Waals surface area contributed by atoms with Crippen LogP contribution in [0, 0.1) is 0 Å². The monoisotopic (exact) mass is 94.1 g/mol. The zero-order valence-electron chi connectivity index (χ0n) is 3.83. The van der Waals surface area contributed by atoms with E-state index in [-0.39, 0.29) is 0 Å². The van der Waals surface area contributed by atoms with Crippen molar-refractivity contribution in [3.63, 3.8) is 0 Å². The van der Waals surface area contributed by atoms with Crippen molar-refractivity contribution in [1.82, 2.24) is 4.99 Å². The summed E-state index contributed by atoms with van der Waals surface area (Å²) in [7, 11) is 0. The highest BCUT2D eigenvalue weighted by Crippen LogP contribution is 1.84. The van der Waals surface area contributed by atoms with Crippen LogP contribution in [0.4, 0.5) is 0 Å². The van der Waals surface area contributed by atoms with E-state index in [1.807, 2.05) is 0 Å². The van der Waals surface area contributed by atoms with E-state index in [9.17, 15) is 0 Å².